The van der Waals surface area contributed by atoms with E-state index < -0.39 is 0 Å². The number of aromatic nitrogens is 3. The van der Waals surface area contributed by atoms with Gasteiger partial charge in [-0.3, -0.25) is 0 Å². The van der Waals surface area contributed by atoms with Crippen molar-refractivity contribution in [1.29, 1.82) is 0 Å². The minimum absolute atomic E-state index is 0.844. The molecule has 0 amide bonds. The summed E-state index contributed by atoms with van der Waals surface area (Å²) in [4.78, 5) is 12.0. The van der Waals surface area contributed by atoms with Crippen molar-refractivity contribution in [3.63, 3.8) is 0 Å². The third-order valence-corrected chi connectivity index (χ3v) is 2.15. The Labute approximate surface area is 77.2 Å². The standard InChI is InChI=1S/C10H13N3/c1-3-7-5-6-8-10(11-7)13-9(4-2)12-8/h5-6H,3-4H2,1-2H3,(H,11,12,13). The highest BCUT2D eigenvalue weighted by Crippen LogP contribution is 2.10. The number of fused-ring (bicyclic) bond motifs is 1. The molecule has 0 aliphatic rings. The summed E-state index contributed by atoms with van der Waals surface area (Å²) in [6, 6.07) is 4.09. The van der Waals surface area contributed by atoms with Gasteiger partial charge in [0.1, 0.15) is 5.82 Å². The molecule has 0 saturated carbocycles. The lowest BCUT2D eigenvalue weighted by atomic mass is 10.3. The minimum atomic E-state index is 0.844. The Morgan fingerprint density at radius 1 is 1.15 bits per heavy atom. The van der Waals surface area contributed by atoms with Crippen molar-refractivity contribution < 1.29 is 0 Å². The molecule has 0 atom stereocenters. The number of nitrogens with one attached hydrogen (secondary N) is 1. The van der Waals surface area contributed by atoms with Gasteiger partial charge in [-0.15, -0.1) is 0 Å². The minimum Gasteiger partial charge on any atom is -0.341 e. The molecular formula is C10H13N3. The molecule has 2 aromatic rings. The van der Waals surface area contributed by atoms with E-state index in [2.05, 4.69) is 28.8 Å². The quantitative estimate of drug-likeness (QED) is 0.759. The van der Waals surface area contributed by atoms with E-state index in [1.807, 2.05) is 12.1 Å². The van der Waals surface area contributed by atoms with Crippen molar-refractivity contribution in [1.82, 2.24) is 15.0 Å². The van der Waals surface area contributed by atoms with Gasteiger partial charge in [0.05, 0.1) is 5.52 Å². The van der Waals surface area contributed by atoms with Crippen LogP contribution in [0.2, 0.25) is 0 Å². The monoisotopic (exact) mass is 175 g/mol. The van der Waals surface area contributed by atoms with E-state index in [9.17, 15) is 0 Å². The van der Waals surface area contributed by atoms with Crippen molar-refractivity contribution in [3.8, 4) is 0 Å². The zero-order valence-corrected chi connectivity index (χ0v) is 7.96. The first-order valence-corrected chi connectivity index (χ1v) is 4.68. The topological polar surface area (TPSA) is 41.6 Å². The van der Waals surface area contributed by atoms with Crippen LogP contribution in [-0.4, -0.2) is 15.0 Å². The van der Waals surface area contributed by atoms with Gasteiger partial charge >= 0.3 is 0 Å². The van der Waals surface area contributed by atoms with Gasteiger partial charge in [0.2, 0.25) is 0 Å². The van der Waals surface area contributed by atoms with E-state index in [0.29, 0.717) is 0 Å². The summed E-state index contributed by atoms with van der Waals surface area (Å²) >= 11 is 0. The number of hydrogen-bond acceptors (Lipinski definition) is 2. The molecule has 0 aliphatic heterocycles. The summed E-state index contributed by atoms with van der Waals surface area (Å²) in [6.07, 6.45) is 1.89. The smallest absolute Gasteiger partial charge is 0.177 e. The third kappa shape index (κ3) is 1.41. The Morgan fingerprint density at radius 2 is 2.00 bits per heavy atom. The lowest BCUT2D eigenvalue weighted by Crippen LogP contribution is -1.86. The fraction of sp³-hybridized carbons (Fsp3) is 0.400. The lowest BCUT2D eigenvalue weighted by molar-refractivity contribution is 0.993. The van der Waals surface area contributed by atoms with Crippen molar-refractivity contribution in [2.24, 2.45) is 0 Å². The van der Waals surface area contributed by atoms with E-state index in [-0.39, 0.29) is 0 Å². The van der Waals surface area contributed by atoms with Gasteiger partial charge in [-0.05, 0) is 18.6 Å². The number of nitrogens with zero attached hydrogens (tertiary/aromatic N) is 2. The molecule has 2 rings (SSSR count). The maximum atomic E-state index is 4.42. The highest BCUT2D eigenvalue weighted by Gasteiger charge is 2.02. The van der Waals surface area contributed by atoms with Crippen LogP contribution in [0, 0.1) is 0 Å². The SMILES string of the molecule is CCc1ccc2[nH]c(CC)nc2n1. The highest BCUT2D eigenvalue weighted by atomic mass is 15.0. The molecule has 2 heterocycles. The van der Waals surface area contributed by atoms with E-state index in [1.165, 1.54) is 0 Å². The predicted octanol–water partition coefficient (Wildman–Crippen LogP) is 2.08. The Hall–Kier alpha value is -1.38. The van der Waals surface area contributed by atoms with E-state index in [4.69, 9.17) is 0 Å². The van der Waals surface area contributed by atoms with Gasteiger partial charge in [0.25, 0.3) is 0 Å². The summed E-state index contributed by atoms with van der Waals surface area (Å²) in [5.41, 5.74) is 2.98. The van der Waals surface area contributed by atoms with Gasteiger partial charge in [-0.1, -0.05) is 13.8 Å². The number of H-pyrrole nitrogens is 1. The molecule has 1 N–H and O–H groups in total. The van der Waals surface area contributed by atoms with Gasteiger partial charge in [-0.25, -0.2) is 9.97 Å². The van der Waals surface area contributed by atoms with Gasteiger partial charge < -0.3 is 4.98 Å². The second kappa shape index (κ2) is 3.17. The zero-order valence-electron chi connectivity index (χ0n) is 7.96. The van der Waals surface area contributed by atoms with Crippen LogP contribution in [0.4, 0.5) is 0 Å². The highest BCUT2D eigenvalue weighted by molar-refractivity contribution is 5.70. The summed E-state index contributed by atoms with van der Waals surface area (Å²) in [5.74, 6) is 1.01. The molecule has 0 spiro atoms. The average Bonchev–Trinajstić information content (AvgIpc) is 2.58. The molecule has 3 heteroatoms. The summed E-state index contributed by atoms with van der Waals surface area (Å²) in [6.45, 7) is 4.18. The third-order valence-electron chi connectivity index (χ3n) is 2.15. The van der Waals surface area contributed by atoms with Crippen LogP contribution in [0.3, 0.4) is 0 Å². The second-order valence-electron chi connectivity index (χ2n) is 3.06. The van der Waals surface area contributed by atoms with Crippen LogP contribution in [0.25, 0.3) is 11.2 Å². The number of imidazole rings is 1. The van der Waals surface area contributed by atoms with Gasteiger partial charge in [0, 0.05) is 12.1 Å². The first kappa shape index (κ1) is 8.23. The summed E-state index contributed by atoms with van der Waals surface area (Å²) in [5, 5.41) is 0. The largest absolute Gasteiger partial charge is 0.341 e. The van der Waals surface area contributed by atoms with Gasteiger partial charge in [-0.2, -0.15) is 0 Å². The molecule has 0 aromatic carbocycles. The maximum absolute atomic E-state index is 4.42. The van der Waals surface area contributed by atoms with Crippen molar-refractivity contribution in [2.45, 2.75) is 26.7 Å². The molecule has 0 unspecified atom stereocenters. The van der Waals surface area contributed by atoms with Crippen molar-refractivity contribution in [2.75, 3.05) is 0 Å². The fourth-order valence-electron chi connectivity index (χ4n) is 1.35. The first-order valence-electron chi connectivity index (χ1n) is 4.68. The number of aryl methyl sites for hydroxylation is 2. The Balaban J connectivity index is 2.57. The first-order chi connectivity index (χ1) is 6.33. The van der Waals surface area contributed by atoms with E-state index in [0.717, 1.165) is 35.5 Å². The number of pyridine rings is 1. The molecule has 0 aliphatic carbocycles. The zero-order chi connectivity index (χ0) is 9.26. The van der Waals surface area contributed by atoms with Crippen molar-refractivity contribution >= 4 is 11.2 Å². The second-order valence-corrected chi connectivity index (χ2v) is 3.06. The van der Waals surface area contributed by atoms with Crippen LogP contribution >= 0.6 is 0 Å². The van der Waals surface area contributed by atoms with Crippen molar-refractivity contribution in [3.05, 3.63) is 23.7 Å². The Morgan fingerprint density at radius 3 is 2.69 bits per heavy atom. The van der Waals surface area contributed by atoms with Crippen LogP contribution in [0.15, 0.2) is 12.1 Å². The average molecular weight is 175 g/mol. The molecule has 2 aromatic heterocycles. The lowest BCUT2D eigenvalue weighted by Gasteiger charge is -1.92. The molecule has 0 saturated heterocycles. The maximum Gasteiger partial charge on any atom is 0.177 e. The normalized spacial score (nSPS) is 10.9. The summed E-state index contributed by atoms with van der Waals surface area (Å²) in [7, 11) is 0. The predicted molar refractivity (Wildman–Crippen MR) is 52.6 cm³/mol. The molecule has 68 valence electrons. The molecular weight excluding hydrogens is 162 g/mol. The molecule has 0 bridgehead atoms. The fourth-order valence-corrected chi connectivity index (χ4v) is 1.35. The van der Waals surface area contributed by atoms with E-state index >= 15 is 0 Å². The van der Waals surface area contributed by atoms with Crippen LogP contribution in [-0.2, 0) is 12.8 Å². The van der Waals surface area contributed by atoms with E-state index in [1.54, 1.807) is 0 Å². The molecule has 13 heavy (non-hydrogen) atoms. The molecule has 3 nitrogen and oxygen atoms in total. The Kier molecular flexibility index (Phi) is 2.00. The number of aromatic amines is 1. The Bertz CT molecular complexity index is 415. The number of hydrogen-bond donors (Lipinski definition) is 1. The molecule has 0 radical (unpaired) electrons. The summed E-state index contributed by atoms with van der Waals surface area (Å²) < 4.78 is 0. The van der Waals surface area contributed by atoms with Gasteiger partial charge in [0.15, 0.2) is 5.65 Å². The van der Waals surface area contributed by atoms with Crippen LogP contribution in [0.5, 0.6) is 0 Å². The van der Waals surface area contributed by atoms with Crippen LogP contribution in [0.1, 0.15) is 25.4 Å². The van der Waals surface area contributed by atoms with Crippen LogP contribution < -0.4 is 0 Å². The molecule has 0 fully saturated rings. The number of rotatable bonds is 2.